The Balaban J connectivity index is 2.03. The van der Waals surface area contributed by atoms with E-state index in [0.717, 1.165) is 0 Å². The topological polar surface area (TPSA) is 160 Å². The minimum absolute atomic E-state index is 0.0751. The lowest BCUT2D eigenvalue weighted by atomic mass is 10.1. The largest absolute Gasteiger partial charge is 0.394 e. The lowest BCUT2D eigenvalue weighted by molar-refractivity contribution is -0.0583. The fourth-order valence-corrected chi connectivity index (χ4v) is 2.18. The molecule has 3 rings (SSSR count). The van der Waals surface area contributed by atoms with Gasteiger partial charge in [-0.1, -0.05) is 0 Å². The predicted molar refractivity (Wildman–Crippen MR) is 65.6 cm³/mol. The monoisotopic (exact) mass is 283 g/mol. The molecule has 0 bridgehead atoms. The molecule has 1 fully saturated rings. The summed E-state index contributed by atoms with van der Waals surface area (Å²) in [5, 5.41) is 32.8. The Kier molecular flexibility index (Phi) is 2.94. The molecule has 6 N–H and O–H groups in total. The molecule has 0 radical (unpaired) electrons. The Labute approximate surface area is 111 Å². The number of ether oxygens (including phenoxy) is 1. The van der Waals surface area contributed by atoms with Gasteiger partial charge in [-0.3, -0.25) is 9.78 Å². The van der Waals surface area contributed by atoms with Crippen LogP contribution in [0.4, 0.5) is 5.95 Å². The third kappa shape index (κ3) is 1.86. The number of aromatic nitrogens is 4. The Morgan fingerprint density at radius 2 is 2.20 bits per heavy atom. The molecule has 2 aromatic heterocycles. The molecular formula is C10H13N5O5. The average molecular weight is 283 g/mol. The number of aliphatic hydroxyl groups excluding tert-OH is 3. The highest BCUT2D eigenvalue weighted by Gasteiger charge is 2.43. The number of anilines is 1. The summed E-state index contributed by atoms with van der Waals surface area (Å²) in [5.74, 6) is -0.0751. The van der Waals surface area contributed by atoms with Crippen LogP contribution in [0.15, 0.2) is 11.0 Å². The number of hydrogen-bond donors (Lipinski definition) is 5. The van der Waals surface area contributed by atoms with Crippen LogP contribution in [0.2, 0.25) is 0 Å². The van der Waals surface area contributed by atoms with Crippen molar-refractivity contribution in [3.05, 3.63) is 16.6 Å². The molecule has 0 spiro atoms. The van der Waals surface area contributed by atoms with E-state index >= 15 is 0 Å². The van der Waals surface area contributed by atoms with Gasteiger partial charge in [0.2, 0.25) is 5.95 Å². The number of nitrogens with two attached hydrogens (primary N) is 1. The van der Waals surface area contributed by atoms with Crippen LogP contribution in [-0.2, 0) is 4.74 Å². The van der Waals surface area contributed by atoms with E-state index in [4.69, 9.17) is 15.6 Å². The summed E-state index contributed by atoms with van der Waals surface area (Å²) in [6.07, 6.45) is -3.12. The van der Waals surface area contributed by atoms with Crippen molar-refractivity contribution in [1.29, 1.82) is 0 Å². The SMILES string of the molecule is Nc1nc2nn(C3OC(CO)C(O)C3O)cc2c(=O)[nH]1. The number of aromatic amines is 1. The molecule has 4 unspecified atom stereocenters. The third-order valence-corrected chi connectivity index (χ3v) is 3.20. The fourth-order valence-electron chi connectivity index (χ4n) is 2.18. The van der Waals surface area contributed by atoms with E-state index in [0.29, 0.717) is 0 Å². The van der Waals surface area contributed by atoms with E-state index in [9.17, 15) is 15.0 Å². The summed E-state index contributed by atoms with van der Waals surface area (Å²) in [5.41, 5.74) is 5.04. The molecule has 1 saturated heterocycles. The van der Waals surface area contributed by atoms with Crippen molar-refractivity contribution in [3.63, 3.8) is 0 Å². The Hall–Kier alpha value is -2.01. The molecule has 4 atom stereocenters. The van der Waals surface area contributed by atoms with E-state index in [1.807, 2.05) is 0 Å². The zero-order chi connectivity index (χ0) is 14.4. The fraction of sp³-hybridized carbons (Fsp3) is 0.500. The van der Waals surface area contributed by atoms with Gasteiger partial charge in [-0.2, -0.15) is 4.98 Å². The van der Waals surface area contributed by atoms with Gasteiger partial charge in [-0.15, -0.1) is 5.10 Å². The molecule has 10 heteroatoms. The molecule has 108 valence electrons. The van der Waals surface area contributed by atoms with Gasteiger partial charge in [0.25, 0.3) is 5.56 Å². The van der Waals surface area contributed by atoms with Crippen molar-refractivity contribution in [2.24, 2.45) is 0 Å². The summed E-state index contributed by atoms with van der Waals surface area (Å²) < 4.78 is 6.48. The molecule has 0 saturated carbocycles. The van der Waals surface area contributed by atoms with Crippen LogP contribution in [0.25, 0.3) is 11.0 Å². The van der Waals surface area contributed by atoms with Crippen molar-refractivity contribution >= 4 is 17.0 Å². The highest BCUT2D eigenvalue weighted by molar-refractivity contribution is 5.73. The van der Waals surface area contributed by atoms with Crippen LogP contribution in [0.5, 0.6) is 0 Å². The number of nitrogens with zero attached hydrogens (tertiary/aromatic N) is 3. The molecule has 2 aromatic rings. The summed E-state index contributed by atoms with van der Waals surface area (Å²) >= 11 is 0. The van der Waals surface area contributed by atoms with Crippen molar-refractivity contribution < 1.29 is 20.1 Å². The first-order valence-electron chi connectivity index (χ1n) is 5.88. The molecule has 10 nitrogen and oxygen atoms in total. The van der Waals surface area contributed by atoms with Gasteiger partial charge in [0.1, 0.15) is 23.7 Å². The maximum atomic E-state index is 11.7. The minimum atomic E-state index is -1.28. The Bertz CT molecular complexity index is 697. The van der Waals surface area contributed by atoms with E-state index in [-0.39, 0.29) is 17.0 Å². The van der Waals surface area contributed by atoms with Crippen molar-refractivity contribution in [2.75, 3.05) is 12.3 Å². The summed E-state index contributed by atoms with van der Waals surface area (Å²) in [6.45, 7) is -0.443. The van der Waals surface area contributed by atoms with Crippen LogP contribution in [0.1, 0.15) is 6.23 Å². The summed E-state index contributed by atoms with van der Waals surface area (Å²) in [7, 11) is 0. The highest BCUT2D eigenvalue weighted by Crippen LogP contribution is 2.29. The second-order valence-electron chi connectivity index (χ2n) is 4.53. The standard InChI is InChI=1S/C10H13N5O5/c11-10-12-7-3(8(19)13-10)1-15(14-7)9-6(18)5(17)4(2-16)20-9/h1,4-6,9,16-18H,2H2,(H3,11,12,13,14,19). The number of aliphatic hydroxyl groups is 3. The number of hydrogen-bond acceptors (Lipinski definition) is 8. The van der Waals surface area contributed by atoms with E-state index < -0.39 is 36.7 Å². The first kappa shape index (κ1) is 13.0. The van der Waals surface area contributed by atoms with Crippen LogP contribution < -0.4 is 11.3 Å². The third-order valence-electron chi connectivity index (χ3n) is 3.20. The molecule has 1 aliphatic rings. The minimum Gasteiger partial charge on any atom is -0.394 e. The number of rotatable bonds is 2. The number of nitrogen functional groups attached to an aromatic ring is 1. The van der Waals surface area contributed by atoms with E-state index in [1.165, 1.54) is 10.9 Å². The van der Waals surface area contributed by atoms with E-state index in [2.05, 4.69) is 15.1 Å². The second kappa shape index (κ2) is 4.52. The van der Waals surface area contributed by atoms with Crippen LogP contribution in [0.3, 0.4) is 0 Å². The lowest BCUT2D eigenvalue weighted by Crippen LogP contribution is -2.33. The number of H-pyrrole nitrogens is 1. The van der Waals surface area contributed by atoms with Crippen LogP contribution in [0, 0.1) is 0 Å². The molecule has 0 aromatic carbocycles. The normalized spacial score (nSPS) is 30.1. The van der Waals surface area contributed by atoms with Crippen molar-refractivity contribution in [2.45, 2.75) is 24.5 Å². The van der Waals surface area contributed by atoms with E-state index in [1.54, 1.807) is 0 Å². The molecular weight excluding hydrogens is 270 g/mol. The summed E-state index contributed by atoms with van der Waals surface area (Å²) in [4.78, 5) is 17.8. The number of nitrogens with one attached hydrogen (secondary N) is 1. The highest BCUT2D eigenvalue weighted by atomic mass is 16.6. The molecule has 0 amide bonds. The lowest BCUT2D eigenvalue weighted by Gasteiger charge is -2.14. The van der Waals surface area contributed by atoms with Gasteiger partial charge in [-0.25, -0.2) is 4.68 Å². The first-order valence-corrected chi connectivity index (χ1v) is 5.88. The van der Waals surface area contributed by atoms with Gasteiger partial charge >= 0.3 is 0 Å². The Morgan fingerprint density at radius 3 is 2.85 bits per heavy atom. The zero-order valence-electron chi connectivity index (χ0n) is 10.2. The quantitative estimate of drug-likeness (QED) is 0.398. The number of fused-ring (bicyclic) bond motifs is 1. The predicted octanol–water partition coefficient (Wildman–Crippen LogP) is -2.69. The second-order valence-corrected chi connectivity index (χ2v) is 4.53. The van der Waals surface area contributed by atoms with Gasteiger partial charge in [0.15, 0.2) is 11.9 Å². The maximum absolute atomic E-state index is 11.7. The van der Waals surface area contributed by atoms with Gasteiger partial charge < -0.3 is 25.8 Å². The van der Waals surface area contributed by atoms with Gasteiger partial charge in [0.05, 0.1) is 6.61 Å². The first-order chi connectivity index (χ1) is 9.51. The van der Waals surface area contributed by atoms with Gasteiger partial charge in [-0.05, 0) is 0 Å². The zero-order valence-corrected chi connectivity index (χ0v) is 10.2. The summed E-state index contributed by atoms with van der Waals surface area (Å²) in [6, 6.07) is 0. The van der Waals surface area contributed by atoms with Gasteiger partial charge in [0, 0.05) is 6.20 Å². The van der Waals surface area contributed by atoms with Crippen molar-refractivity contribution in [3.8, 4) is 0 Å². The van der Waals surface area contributed by atoms with Crippen LogP contribution in [-0.4, -0.2) is 60.0 Å². The molecule has 20 heavy (non-hydrogen) atoms. The average Bonchev–Trinajstić information content (AvgIpc) is 2.93. The van der Waals surface area contributed by atoms with Crippen molar-refractivity contribution in [1.82, 2.24) is 19.7 Å². The molecule has 1 aliphatic heterocycles. The smallest absolute Gasteiger partial charge is 0.263 e. The molecule has 3 heterocycles. The molecule has 0 aliphatic carbocycles. The maximum Gasteiger partial charge on any atom is 0.263 e. The van der Waals surface area contributed by atoms with Crippen LogP contribution >= 0.6 is 0 Å². The Morgan fingerprint density at radius 1 is 1.45 bits per heavy atom.